The van der Waals surface area contributed by atoms with E-state index in [9.17, 15) is 10.2 Å². The van der Waals surface area contributed by atoms with Gasteiger partial charge in [-0.15, -0.1) is 0 Å². The van der Waals surface area contributed by atoms with Crippen molar-refractivity contribution in [2.45, 2.75) is 18.6 Å². The maximum atomic E-state index is 10.1. The Morgan fingerprint density at radius 2 is 2.24 bits per heavy atom. The molecular formula is C12H17N3O2. The smallest absolute Gasteiger partial charge is 0.107 e. The van der Waals surface area contributed by atoms with Gasteiger partial charge in [0.25, 0.3) is 0 Å². The van der Waals surface area contributed by atoms with Gasteiger partial charge in [-0.3, -0.25) is 0 Å². The van der Waals surface area contributed by atoms with Crippen molar-refractivity contribution in [1.82, 2.24) is 15.3 Å². The largest absolute Gasteiger partial charge is 0.390 e. The first kappa shape index (κ1) is 12.0. The van der Waals surface area contributed by atoms with Crippen LogP contribution in [-0.2, 0) is 0 Å². The van der Waals surface area contributed by atoms with Crippen molar-refractivity contribution in [1.29, 1.82) is 0 Å². The monoisotopic (exact) mass is 235 g/mol. The molecule has 0 saturated carbocycles. The molecule has 2 rings (SSSR count). The SMILES string of the molecule is CNCCC(O)C(O)c1cccc2[nH]cnc12. The zero-order chi connectivity index (χ0) is 12.3. The highest BCUT2D eigenvalue weighted by Gasteiger charge is 2.20. The highest BCUT2D eigenvalue weighted by atomic mass is 16.3. The van der Waals surface area contributed by atoms with Crippen molar-refractivity contribution in [2.24, 2.45) is 0 Å². The molecule has 4 N–H and O–H groups in total. The molecule has 92 valence electrons. The summed E-state index contributed by atoms with van der Waals surface area (Å²) < 4.78 is 0. The third-order valence-corrected chi connectivity index (χ3v) is 2.85. The minimum atomic E-state index is -0.907. The van der Waals surface area contributed by atoms with Gasteiger partial charge in [-0.1, -0.05) is 12.1 Å². The van der Waals surface area contributed by atoms with Crippen LogP contribution in [0.4, 0.5) is 0 Å². The Bertz CT molecular complexity index is 483. The van der Waals surface area contributed by atoms with Gasteiger partial charge in [0.05, 0.1) is 23.5 Å². The summed E-state index contributed by atoms with van der Waals surface area (Å²) in [5.41, 5.74) is 2.23. The molecule has 0 fully saturated rings. The van der Waals surface area contributed by atoms with Gasteiger partial charge in [-0.25, -0.2) is 4.98 Å². The lowest BCUT2D eigenvalue weighted by molar-refractivity contribution is 0.0148. The number of aliphatic hydroxyl groups excluding tert-OH is 2. The predicted molar refractivity (Wildman–Crippen MR) is 65.6 cm³/mol. The van der Waals surface area contributed by atoms with Gasteiger partial charge in [0.2, 0.25) is 0 Å². The summed E-state index contributed by atoms with van der Waals surface area (Å²) in [5, 5.41) is 22.9. The van der Waals surface area contributed by atoms with E-state index in [0.29, 0.717) is 24.0 Å². The van der Waals surface area contributed by atoms with Crippen molar-refractivity contribution in [3.8, 4) is 0 Å². The maximum absolute atomic E-state index is 10.1. The average Bonchev–Trinajstić information content (AvgIpc) is 2.82. The van der Waals surface area contributed by atoms with Crippen LogP contribution in [-0.4, -0.2) is 39.9 Å². The zero-order valence-corrected chi connectivity index (χ0v) is 9.72. The lowest BCUT2D eigenvalue weighted by atomic mass is 10.0. The first-order chi connectivity index (χ1) is 8.24. The lowest BCUT2D eigenvalue weighted by Gasteiger charge is -2.18. The number of nitrogens with one attached hydrogen (secondary N) is 2. The minimum absolute atomic E-state index is 0.498. The molecule has 2 aromatic rings. The number of aliphatic hydroxyl groups is 2. The Morgan fingerprint density at radius 1 is 1.41 bits per heavy atom. The van der Waals surface area contributed by atoms with Gasteiger partial charge in [-0.2, -0.15) is 0 Å². The molecule has 5 heteroatoms. The van der Waals surface area contributed by atoms with Gasteiger partial charge < -0.3 is 20.5 Å². The van der Waals surface area contributed by atoms with Gasteiger partial charge in [0.15, 0.2) is 0 Å². The minimum Gasteiger partial charge on any atom is -0.390 e. The normalized spacial score (nSPS) is 15.0. The molecule has 1 heterocycles. The van der Waals surface area contributed by atoms with E-state index < -0.39 is 12.2 Å². The second kappa shape index (κ2) is 5.27. The third-order valence-electron chi connectivity index (χ3n) is 2.85. The molecule has 0 radical (unpaired) electrons. The first-order valence-electron chi connectivity index (χ1n) is 5.66. The Labute approximate surface area is 99.5 Å². The number of rotatable bonds is 5. The number of H-pyrrole nitrogens is 1. The van der Waals surface area contributed by atoms with Crippen LogP contribution < -0.4 is 5.32 Å². The first-order valence-corrected chi connectivity index (χ1v) is 5.66. The number of aromatic amines is 1. The Kier molecular flexibility index (Phi) is 3.73. The summed E-state index contributed by atoms with van der Waals surface area (Å²) in [4.78, 5) is 7.14. The van der Waals surface area contributed by atoms with Gasteiger partial charge in [0, 0.05) is 5.56 Å². The maximum Gasteiger partial charge on any atom is 0.107 e. The number of hydrogen-bond donors (Lipinski definition) is 4. The number of imidazole rings is 1. The number of benzene rings is 1. The number of para-hydroxylation sites is 1. The fraction of sp³-hybridized carbons (Fsp3) is 0.417. The molecular weight excluding hydrogens is 218 g/mol. The molecule has 5 nitrogen and oxygen atoms in total. The molecule has 0 aliphatic carbocycles. The fourth-order valence-electron chi connectivity index (χ4n) is 1.88. The zero-order valence-electron chi connectivity index (χ0n) is 9.72. The Hall–Kier alpha value is -1.43. The summed E-state index contributed by atoms with van der Waals surface area (Å²) in [5.74, 6) is 0. The molecule has 2 unspecified atom stereocenters. The van der Waals surface area contributed by atoms with Gasteiger partial charge in [0.1, 0.15) is 6.10 Å². The summed E-state index contributed by atoms with van der Waals surface area (Å²) in [6, 6.07) is 5.51. The van der Waals surface area contributed by atoms with Crippen LogP contribution in [0.3, 0.4) is 0 Å². The molecule has 0 bridgehead atoms. The van der Waals surface area contributed by atoms with E-state index in [4.69, 9.17) is 0 Å². The summed E-state index contributed by atoms with van der Waals surface area (Å²) in [6.07, 6.45) is 0.388. The average molecular weight is 235 g/mol. The summed E-state index contributed by atoms with van der Waals surface area (Å²) in [6.45, 7) is 0.661. The predicted octanol–water partition coefficient (Wildman–Crippen LogP) is 0.567. The highest BCUT2D eigenvalue weighted by Crippen LogP contribution is 2.24. The third kappa shape index (κ3) is 2.46. The van der Waals surface area contributed by atoms with Crippen LogP contribution >= 0.6 is 0 Å². The van der Waals surface area contributed by atoms with Crippen molar-refractivity contribution in [2.75, 3.05) is 13.6 Å². The lowest BCUT2D eigenvalue weighted by Crippen LogP contribution is -2.23. The molecule has 0 amide bonds. The molecule has 0 aliphatic heterocycles. The summed E-state index contributed by atoms with van der Waals surface area (Å²) >= 11 is 0. The van der Waals surface area contributed by atoms with E-state index in [1.54, 1.807) is 12.4 Å². The van der Waals surface area contributed by atoms with Crippen LogP contribution in [0.5, 0.6) is 0 Å². The van der Waals surface area contributed by atoms with Crippen LogP contribution in [0.15, 0.2) is 24.5 Å². The van der Waals surface area contributed by atoms with E-state index in [1.165, 1.54) is 0 Å². The van der Waals surface area contributed by atoms with Crippen molar-refractivity contribution in [3.63, 3.8) is 0 Å². The fourth-order valence-corrected chi connectivity index (χ4v) is 1.88. The number of nitrogens with zero attached hydrogens (tertiary/aromatic N) is 1. The second-order valence-corrected chi connectivity index (χ2v) is 4.05. The topological polar surface area (TPSA) is 81.2 Å². The van der Waals surface area contributed by atoms with E-state index in [0.717, 1.165) is 5.52 Å². The molecule has 0 spiro atoms. The van der Waals surface area contributed by atoms with E-state index in [1.807, 2.05) is 19.2 Å². The Morgan fingerprint density at radius 3 is 3.00 bits per heavy atom. The van der Waals surface area contributed by atoms with E-state index in [2.05, 4.69) is 15.3 Å². The van der Waals surface area contributed by atoms with Crippen molar-refractivity contribution >= 4 is 11.0 Å². The van der Waals surface area contributed by atoms with Crippen molar-refractivity contribution in [3.05, 3.63) is 30.1 Å². The number of fused-ring (bicyclic) bond motifs is 1. The molecule has 17 heavy (non-hydrogen) atoms. The second-order valence-electron chi connectivity index (χ2n) is 4.05. The molecule has 1 aromatic heterocycles. The van der Waals surface area contributed by atoms with Crippen LogP contribution in [0.2, 0.25) is 0 Å². The van der Waals surface area contributed by atoms with Crippen LogP contribution in [0.1, 0.15) is 18.1 Å². The molecule has 0 aliphatic rings. The van der Waals surface area contributed by atoms with E-state index >= 15 is 0 Å². The van der Waals surface area contributed by atoms with Crippen molar-refractivity contribution < 1.29 is 10.2 Å². The van der Waals surface area contributed by atoms with Gasteiger partial charge >= 0.3 is 0 Å². The summed E-state index contributed by atoms with van der Waals surface area (Å²) in [7, 11) is 1.81. The molecule has 1 aromatic carbocycles. The van der Waals surface area contributed by atoms with Crippen LogP contribution in [0.25, 0.3) is 11.0 Å². The van der Waals surface area contributed by atoms with E-state index in [-0.39, 0.29) is 0 Å². The van der Waals surface area contributed by atoms with Gasteiger partial charge in [-0.05, 0) is 26.1 Å². The standard InChI is InChI=1S/C12H17N3O2/c1-13-6-5-10(16)12(17)8-3-2-4-9-11(8)15-7-14-9/h2-4,7,10,12-13,16-17H,5-6H2,1H3,(H,14,15). The Balaban J connectivity index is 2.23. The van der Waals surface area contributed by atoms with Crippen LogP contribution in [0, 0.1) is 0 Å². The highest BCUT2D eigenvalue weighted by molar-refractivity contribution is 5.78. The quantitative estimate of drug-likeness (QED) is 0.610. The number of aromatic nitrogens is 2. The molecule has 2 atom stereocenters. The number of hydrogen-bond acceptors (Lipinski definition) is 4. The molecule has 0 saturated heterocycles.